The zero-order valence-corrected chi connectivity index (χ0v) is 19.5. The molecule has 1 amide bonds. The van der Waals surface area contributed by atoms with E-state index in [1.165, 1.54) is 11.8 Å². The van der Waals surface area contributed by atoms with Crippen LogP contribution in [0, 0.1) is 17.2 Å². The summed E-state index contributed by atoms with van der Waals surface area (Å²) in [6.07, 6.45) is 4.58. The minimum absolute atomic E-state index is 0.111. The second-order valence-corrected chi connectivity index (χ2v) is 9.94. The molecule has 2 atom stereocenters. The lowest BCUT2D eigenvalue weighted by molar-refractivity contribution is -0.115. The van der Waals surface area contributed by atoms with Crippen LogP contribution in [0.2, 0.25) is 0 Å². The number of nitrogens with zero attached hydrogens (tertiary/aromatic N) is 5. The van der Waals surface area contributed by atoms with Gasteiger partial charge in [-0.05, 0) is 62.8 Å². The lowest BCUT2D eigenvalue weighted by atomic mass is 10.00. The highest BCUT2D eigenvalue weighted by atomic mass is 32.2. The Bertz CT molecular complexity index is 956. The summed E-state index contributed by atoms with van der Waals surface area (Å²) >= 11 is 1.42. The quantitative estimate of drug-likeness (QED) is 0.638. The number of rotatable bonds is 7. The maximum Gasteiger partial charge on any atom is 0.237 e. The molecule has 1 N–H and O–H groups in total. The predicted octanol–water partition coefficient (Wildman–Crippen LogP) is 3.68. The molecule has 2 aliphatic heterocycles. The Balaban J connectivity index is 1.47. The third-order valence-electron chi connectivity index (χ3n) is 6.11. The summed E-state index contributed by atoms with van der Waals surface area (Å²) < 4.78 is 8.03. The van der Waals surface area contributed by atoms with Crippen molar-refractivity contribution in [2.75, 3.05) is 29.9 Å². The van der Waals surface area contributed by atoms with Gasteiger partial charge in [0.15, 0.2) is 5.16 Å². The van der Waals surface area contributed by atoms with Gasteiger partial charge in [-0.2, -0.15) is 5.26 Å². The first-order valence-corrected chi connectivity index (χ1v) is 12.2. The predicted molar refractivity (Wildman–Crippen MR) is 125 cm³/mol. The largest absolute Gasteiger partial charge is 0.376 e. The molecule has 8 nitrogen and oxygen atoms in total. The van der Waals surface area contributed by atoms with Crippen molar-refractivity contribution >= 4 is 29.3 Å². The molecule has 2 saturated heterocycles. The number of nitrogens with one attached hydrogen (secondary N) is 1. The van der Waals surface area contributed by atoms with E-state index in [9.17, 15) is 4.79 Å². The number of piperidine rings is 1. The van der Waals surface area contributed by atoms with Crippen LogP contribution in [0.15, 0.2) is 29.4 Å². The van der Waals surface area contributed by atoms with Gasteiger partial charge < -0.3 is 15.0 Å². The molecular formula is C23H30N6O2S. The summed E-state index contributed by atoms with van der Waals surface area (Å²) in [5.74, 6) is 1.51. The third kappa shape index (κ3) is 5.43. The van der Waals surface area contributed by atoms with E-state index in [2.05, 4.69) is 38.0 Å². The molecular weight excluding hydrogens is 424 g/mol. The molecule has 0 saturated carbocycles. The zero-order chi connectivity index (χ0) is 22.5. The molecule has 32 heavy (non-hydrogen) atoms. The fourth-order valence-electron chi connectivity index (χ4n) is 4.05. The van der Waals surface area contributed by atoms with Crippen molar-refractivity contribution in [3.63, 3.8) is 0 Å². The number of amides is 1. The number of hydrogen-bond donors (Lipinski definition) is 1. The Morgan fingerprint density at radius 3 is 2.69 bits per heavy atom. The van der Waals surface area contributed by atoms with Gasteiger partial charge in [0.2, 0.25) is 11.9 Å². The van der Waals surface area contributed by atoms with Gasteiger partial charge in [0.05, 0.1) is 29.5 Å². The van der Waals surface area contributed by atoms with Gasteiger partial charge in [0.25, 0.3) is 0 Å². The first-order chi connectivity index (χ1) is 15.5. The number of thioether (sulfide) groups is 1. The second kappa shape index (κ2) is 10.4. The van der Waals surface area contributed by atoms with Crippen LogP contribution in [0.3, 0.4) is 0 Å². The van der Waals surface area contributed by atoms with Crippen molar-refractivity contribution in [3.8, 4) is 6.07 Å². The Labute approximate surface area is 193 Å². The average Bonchev–Trinajstić information content (AvgIpc) is 3.46. The maximum atomic E-state index is 12.8. The highest BCUT2D eigenvalue weighted by Crippen LogP contribution is 2.30. The van der Waals surface area contributed by atoms with Gasteiger partial charge in [-0.1, -0.05) is 18.7 Å². The smallest absolute Gasteiger partial charge is 0.237 e. The van der Waals surface area contributed by atoms with Crippen LogP contribution >= 0.6 is 11.8 Å². The van der Waals surface area contributed by atoms with Crippen LogP contribution in [0.5, 0.6) is 0 Å². The summed E-state index contributed by atoms with van der Waals surface area (Å²) in [5.41, 5.74) is 1.23. The first-order valence-electron chi connectivity index (χ1n) is 11.3. The normalized spacial score (nSPS) is 20.2. The standard InChI is InChI=1S/C23H30N6O2S/c1-16-9-11-28(12-10-16)22-26-27-23(29(22)15-20-4-3-13-31-20)32-17(2)21(30)25-19-7-5-18(14-24)6-8-19/h5-8,16-17,20H,3-4,9-13,15H2,1-2H3,(H,25,30)/t17-,20-/m0/s1. The Hall–Kier alpha value is -2.57. The number of carbonyl (C=O) groups is 1. The minimum atomic E-state index is -0.354. The molecule has 170 valence electrons. The van der Waals surface area contributed by atoms with Crippen molar-refractivity contribution in [3.05, 3.63) is 29.8 Å². The SMILES string of the molecule is CC1CCN(c2nnc(S[C@@H](C)C(=O)Nc3ccc(C#N)cc3)n2C[C@@H]2CCCO2)CC1. The molecule has 0 unspecified atom stereocenters. The van der Waals surface area contributed by atoms with Gasteiger partial charge in [0, 0.05) is 25.4 Å². The Morgan fingerprint density at radius 2 is 2.03 bits per heavy atom. The van der Waals surface area contributed by atoms with Gasteiger partial charge >= 0.3 is 0 Å². The molecule has 2 fully saturated rings. The number of carbonyl (C=O) groups excluding carboxylic acids is 1. The van der Waals surface area contributed by atoms with E-state index in [1.807, 2.05) is 6.92 Å². The summed E-state index contributed by atoms with van der Waals surface area (Å²) in [6, 6.07) is 8.94. The fourth-order valence-corrected chi connectivity index (χ4v) is 4.90. The third-order valence-corrected chi connectivity index (χ3v) is 7.19. The van der Waals surface area contributed by atoms with E-state index < -0.39 is 0 Å². The molecule has 0 radical (unpaired) electrons. The average molecular weight is 455 g/mol. The van der Waals surface area contributed by atoms with Crippen LogP contribution in [0.25, 0.3) is 0 Å². The van der Waals surface area contributed by atoms with E-state index in [4.69, 9.17) is 10.00 Å². The van der Waals surface area contributed by atoms with Crippen molar-refractivity contribution in [1.29, 1.82) is 5.26 Å². The fraction of sp³-hybridized carbons (Fsp3) is 0.565. The van der Waals surface area contributed by atoms with Crippen LogP contribution in [-0.4, -0.2) is 51.7 Å². The van der Waals surface area contributed by atoms with Crippen molar-refractivity contribution in [1.82, 2.24) is 14.8 Å². The van der Waals surface area contributed by atoms with Crippen molar-refractivity contribution < 1.29 is 9.53 Å². The number of nitriles is 1. The van der Waals surface area contributed by atoms with Gasteiger partial charge in [-0.3, -0.25) is 9.36 Å². The molecule has 4 rings (SSSR count). The molecule has 0 spiro atoms. The van der Waals surface area contributed by atoms with Gasteiger partial charge in [-0.25, -0.2) is 0 Å². The van der Waals surface area contributed by atoms with E-state index in [-0.39, 0.29) is 17.3 Å². The van der Waals surface area contributed by atoms with Gasteiger partial charge in [-0.15, -0.1) is 10.2 Å². The number of anilines is 2. The molecule has 2 aromatic rings. The lowest BCUT2D eigenvalue weighted by Crippen LogP contribution is -2.35. The van der Waals surface area contributed by atoms with Crippen molar-refractivity contribution in [2.45, 2.75) is 62.6 Å². The topological polar surface area (TPSA) is 96.1 Å². The minimum Gasteiger partial charge on any atom is -0.376 e. The van der Waals surface area contributed by atoms with Crippen LogP contribution in [0.4, 0.5) is 11.6 Å². The molecule has 3 heterocycles. The molecule has 9 heteroatoms. The second-order valence-electron chi connectivity index (χ2n) is 8.64. The molecule has 2 aliphatic rings. The summed E-state index contributed by atoms with van der Waals surface area (Å²) in [5, 5.41) is 21.2. The molecule has 1 aromatic heterocycles. The zero-order valence-electron chi connectivity index (χ0n) is 18.7. The Morgan fingerprint density at radius 1 is 1.28 bits per heavy atom. The summed E-state index contributed by atoms with van der Waals surface area (Å²) in [4.78, 5) is 15.1. The Kier molecular flexibility index (Phi) is 7.33. The summed E-state index contributed by atoms with van der Waals surface area (Å²) in [6.45, 7) is 7.63. The van der Waals surface area contributed by atoms with E-state index >= 15 is 0 Å². The van der Waals surface area contributed by atoms with E-state index in [1.54, 1.807) is 24.3 Å². The highest BCUT2D eigenvalue weighted by molar-refractivity contribution is 8.00. The monoisotopic (exact) mass is 454 g/mol. The van der Waals surface area contributed by atoms with Crippen LogP contribution in [0.1, 0.15) is 45.1 Å². The molecule has 1 aromatic carbocycles. The number of aromatic nitrogens is 3. The summed E-state index contributed by atoms with van der Waals surface area (Å²) in [7, 11) is 0. The number of ether oxygens (including phenoxy) is 1. The number of hydrogen-bond acceptors (Lipinski definition) is 7. The van der Waals surface area contributed by atoms with Crippen molar-refractivity contribution in [2.24, 2.45) is 5.92 Å². The van der Waals surface area contributed by atoms with Crippen LogP contribution in [-0.2, 0) is 16.1 Å². The first kappa shape index (κ1) is 22.6. The lowest BCUT2D eigenvalue weighted by Gasteiger charge is -2.31. The maximum absolute atomic E-state index is 12.8. The van der Waals surface area contributed by atoms with Crippen LogP contribution < -0.4 is 10.2 Å². The number of benzene rings is 1. The van der Waals surface area contributed by atoms with Gasteiger partial charge in [0.1, 0.15) is 0 Å². The highest BCUT2D eigenvalue weighted by Gasteiger charge is 2.27. The molecule has 0 bridgehead atoms. The van der Waals surface area contributed by atoms with E-state index in [0.29, 0.717) is 17.8 Å². The van der Waals surface area contributed by atoms with E-state index in [0.717, 1.165) is 62.4 Å². The molecule has 0 aliphatic carbocycles.